The predicted octanol–water partition coefficient (Wildman–Crippen LogP) is 6.38. The van der Waals surface area contributed by atoms with E-state index in [-0.39, 0.29) is 5.75 Å². The molecule has 2 aromatic carbocycles. The maximum Gasteiger partial charge on any atom is 0.573 e. The fourth-order valence-corrected chi connectivity index (χ4v) is 2.87. The molecule has 3 aromatic rings. The summed E-state index contributed by atoms with van der Waals surface area (Å²) in [4.78, 5) is 0. The number of unbranched alkanes of at least 4 members (excludes halogenated alkanes) is 2. The van der Waals surface area contributed by atoms with Crippen molar-refractivity contribution in [2.24, 2.45) is 0 Å². The largest absolute Gasteiger partial charge is 0.573 e. The molecule has 142 valence electrons. The maximum atomic E-state index is 12.2. The van der Waals surface area contributed by atoms with Crippen molar-refractivity contribution in [3.63, 3.8) is 0 Å². The van der Waals surface area contributed by atoms with Gasteiger partial charge in [0.05, 0.1) is 11.4 Å². The number of H-pyrrole nitrogens is 1. The quantitative estimate of drug-likeness (QED) is 0.488. The molecule has 0 fully saturated rings. The number of aromatic nitrogens is 2. The van der Waals surface area contributed by atoms with Crippen LogP contribution in [0.2, 0.25) is 0 Å². The zero-order valence-electron chi connectivity index (χ0n) is 15.0. The van der Waals surface area contributed by atoms with Gasteiger partial charge in [-0.25, -0.2) is 0 Å². The number of rotatable bonds is 7. The van der Waals surface area contributed by atoms with Gasteiger partial charge >= 0.3 is 6.36 Å². The minimum atomic E-state index is -4.69. The summed E-state index contributed by atoms with van der Waals surface area (Å²) in [7, 11) is 0. The van der Waals surface area contributed by atoms with E-state index >= 15 is 0 Å². The zero-order valence-corrected chi connectivity index (χ0v) is 15.0. The third-order valence-electron chi connectivity index (χ3n) is 4.30. The molecule has 0 saturated carbocycles. The minimum Gasteiger partial charge on any atom is -0.406 e. The highest BCUT2D eigenvalue weighted by atomic mass is 19.4. The number of nitrogens with one attached hydrogen (secondary N) is 1. The van der Waals surface area contributed by atoms with Gasteiger partial charge in [-0.3, -0.25) is 5.10 Å². The summed E-state index contributed by atoms with van der Waals surface area (Å²) in [5.41, 5.74) is 4.57. The van der Waals surface area contributed by atoms with Crippen molar-refractivity contribution in [2.45, 2.75) is 39.0 Å². The Morgan fingerprint density at radius 1 is 0.926 bits per heavy atom. The van der Waals surface area contributed by atoms with Gasteiger partial charge in [-0.2, -0.15) is 5.10 Å². The Bertz CT molecular complexity index is 852. The van der Waals surface area contributed by atoms with Crippen molar-refractivity contribution in [1.82, 2.24) is 10.2 Å². The molecular formula is C21H21F3N2O. The van der Waals surface area contributed by atoms with Crippen LogP contribution < -0.4 is 4.74 Å². The Labute approximate surface area is 156 Å². The molecule has 0 amide bonds. The summed E-state index contributed by atoms with van der Waals surface area (Å²) in [5.74, 6) is -0.249. The van der Waals surface area contributed by atoms with Crippen LogP contribution in [0.4, 0.5) is 13.2 Å². The second-order valence-electron chi connectivity index (χ2n) is 6.39. The molecular weight excluding hydrogens is 353 g/mol. The highest BCUT2D eigenvalue weighted by molar-refractivity contribution is 5.68. The summed E-state index contributed by atoms with van der Waals surface area (Å²) in [6.45, 7) is 2.19. The Morgan fingerprint density at radius 3 is 2.22 bits per heavy atom. The molecule has 0 aliphatic carbocycles. The number of aromatic amines is 1. The van der Waals surface area contributed by atoms with E-state index in [1.807, 2.05) is 6.07 Å². The lowest BCUT2D eigenvalue weighted by Crippen LogP contribution is -2.16. The number of alkyl halides is 3. The summed E-state index contributed by atoms with van der Waals surface area (Å²) in [6.07, 6.45) is 0.0211. The number of aryl methyl sites for hydroxylation is 1. The van der Waals surface area contributed by atoms with Gasteiger partial charge in [-0.15, -0.1) is 13.2 Å². The van der Waals surface area contributed by atoms with E-state index < -0.39 is 6.36 Å². The Balaban J connectivity index is 1.69. The molecule has 0 spiro atoms. The maximum absolute atomic E-state index is 12.2. The molecule has 0 atom stereocenters. The van der Waals surface area contributed by atoms with Gasteiger partial charge in [0.2, 0.25) is 0 Å². The highest BCUT2D eigenvalue weighted by Gasteiger charge is 2.30. The molecule has 0 radical (unpaired) electrons. The first-order valence-electron chi connectivity index (χ1n) is 8.95. The normalized spacial score (nSPS) is 11.6. The number of benzene rings is 2. The zero-order chi connectivity index (χ0) is 19.3. The van der Waals surface area contributed by atoms with E-state index in [4.69, 9.17) is 0 Å². The van der Waals surface area contributed by atoms with E-state index in [1.54, 1.807) is 12.1 Å². The standard InChI is InChI=1S/C21H21F3N2O/c1-2-3-4-5-15-6-8-16(9-7-15)19-14-20(26-25-19)17-10-12-18(13-11-17)27-21(22,23)24/h6-14H,2-5H2,1H3,(H,25,26). The Kier molecular flexibility index (Phi) is 5.84. The van der Waals surface area contributed by atoms with Crippen molar-refractivity contribution in [3.05, 3.63) is 60.2 Å². The van der Waals surface area contributed by atoms with Crippen LogP contribution in [0.25, 0.3) is 22.5 Å². The molecule has 3 nitrogen and oxygen atoms in total. The number of halogens is 3. The molecule has 6 heteroatoms. The molecule has 27 heavy (non-hydrogen) atoms. The summed E-state index contributed by atoms with van der Waals surface area (Å²) in [6, 6.07) is 15.9. The fourth-order valence-electron chi connectivity index (χ4n) is 2.87. The predicted molar refractivity (Wildman–Crippen MR) is 99.4 cm³/mol. The molecule has 1 N–H and O–H groups in total. The molecule has 0 unspecified atom stereocenters. The molecule has 0 saturated heterocycles. The Hall–Kier alpha value is -2.76. The number of nitrogens with zero attached hydrogens (tertiary/aromatic N) is 1. The summed E-state index contributed by atoms with van der Waals surface area (Å²) < 4.78 is 40.6. The van der Waals surface area contributed by atoms with E-state index in [0.29, 0.717) is 11.3 Å². The third kappa shape index (κ3) is 5.36. The van der Waals surface area contributed by atoms with Gasteiger partial charge in [0, 0.05) is 5.56 Å². The number of hydrogen-bond acceptors (Lipinski definition) is 2. The van der Waals surface area contributed by atoms with Crippen molar-refractivity contribution in [3.8, 4) is 28.3 Å². The second-order valence-corrected chi connectivity index (χ2v) is 6.39. The van der Waals surface area contributed by atoms with Crippen LogP contribution in [0.3, 0.4) is 0 Å². The average Bonchev–Trinajstić information content (AvgIpc) is 3.12. The molecule has 0 aliphatic heterocycles. The smallest absolute Gasteiger partial charge is 0.406 e. The van der Waals surface area contributed by atoms with Crippen molar-refractivity contribution in [2.75, 3.05) is 0 Å². The fraction of sp³-hybridized carbons (Fsp3) is 0.286. The van der Waals surface area contributed by atoms with Crippen LogP contribution in [0, 0.1) is 0 Å². The van der Waals surface area contributed by atoms with E-state index in [0.717, 1.165) is 17.7 Å². The Morgan fingerprint density at radius 2 is 1.59 bits per heavy atom. The first-order chi connectivity index (χ1) is 12.9. The number of hydrogen-bond donors (Lipinski definition) is 1. The molecule has 3 rings (SSSR count). The van der Waals surface area contributed by atoms with Gasteiger partial charge in [-0.1, -0.05) is 44.0 Å². The molecule has 1 heterocycles. The van der Waals surface area contributed by atoms with Crippen LogP contribution in [-0.4, -0.2) is 16.6 Å². The molecule has 1 aromatic heterocycles. The van der Waals surface area contributed by atoms with Crippen molar-refractivity contribution >= 4 is 0 Å². The first kappa shape index (κ1) is 19.0. The van der Waals surface area contributed by atoms with Gasteiger partial charge in [0.15, 0.2) is 0 Å². The molecule has 0 aliphatic rings. The van der Waals surface area contributed by atoms with Crippen LogP contribution >= 0.6 is 0 Å². The van der Waals surface area contributed by atoms with E-state index in [2.05, 4.69) is 46.1 Å². The van der Waals surface area contributed by atoms with Crippen LogP contribution in [0.15, 0.2) is 54.6 Å². The van der Waals surface area contributed by atoms with E-state index in [9.17, 15) is 13.2 Å². The van der Waals surface area contributed by atoms with E-state index in [1.165, 1.54) is 37.0 Å². The SMILES string of the molecule is CCCCCc1ccc(-c2cc(-c3ccc(OC(F)(F)F)cc3)n[nH]2)cc1. The lowest BCUT2D eigenvalue weighted by Gasteiger charge is -2.08. The highest BCUT2D eigenvalue weighted by Crippen LogP contribution is 2.28. The van der Waals surface area contributed by atoms with Crippen LogP contribution in [-0.2, 0) is 6.42 Å². The van der Waals surface area contributed by atoms with Gasteiger partial charge in [0.1, 0.15) is 5.75 Å². The second kappa shape index (κ2) is 8.29. The average molecular weight is 374 g/mol. The molecule has 0 bridgehead atoms. The third-order valence-corrected chi connectivity index (χ3v) is 4.30. The summed E-state index contributed by atoms with van der Waals surface area (Å²) in [5, 5.41) is 7.25. The number of ether oxygens (including phenoxy) is 1. The topological polar surface area (TPSA) is 37.9 Å². The van der Waals surface area contributed by atoms with Crippen molar-refractivity contribution in [1.29, 1.82) is 0 Å². The lowest BCUT2D eigenvalue weighted by molar-refractivity contribution is -0.274. The van der Waals surface area contributed by atoms with Gasteiger partial charge < -0.3 is 4.74 Å². The van der Waals surface area contributed by atoms with Gasteiger partial charge in [0.25, 0.3) is 0 Å². The first-order valence-corrected chi connectivity index (χ1v) is 8.95. The monoisotopic (exact) mass is 374 g/mol. The summed E-state index contributed by atoms with van der Waals surface area (Å²) >= 11 is 0. The van der Waals surface area contributed by atoms with Crippen molar-refractivity contribution < 1.29 is 17.9 Å². The van der Waals surface area contributed by atoms with Crippen LogP contribution in [0.1, 0.15) is 31.7 Å². The van der Waals surface area contributed by atoms with Crippen LogP contribution in [0.5, 0.6) is 5.75 Å². The lowest BCUT2D eigenvalue weighted by atomic mass is 10.0. The minimum absolute atomic E-state index is 0.249. The van der Waals surface area contributed by atoms with Gasteiger partial charge in [-0.05, 0) is 54.3 Å².